The van der Waals surface area contributed by atoms with Gasteiger partial charge in [-0.2, -0.15) is 0 Å². The predicted molar refractivity (Wildman–Crippen MR) is 129 cm³/mol. The molecule has 0 N–H and O–H groups in total. The van der Waals surface area contributed by atoms with Crippen LogP contribution in [-0.4, -0.2) is 51.5 Å². The second-order valence-electron chi connectivity index (χ2n) is 9.78. The molecule has 0 bridgehead atoms. The number of ether oxygens (including phenoxy) is 4. The lowest BCUT2D eigenvalue weighted by Crippen LogP contribution is -2.46. The first kappa shape index (κ1) is 22.5. The minimum atomic E-state index is -0.214. The lowest BCUT2D eigenvalue weighted by atomic mass is 9.76. The van der Waals surface area contributed by atoms with E-state index in [1.807, 2.05) is 13.2 Å². The summed E-state index contributed by atoms with van der Waals surface area (Å²) in [7, 11) is 3.63. The number of hydrogen-bond donors (Lipinski definition) is 0. The van der Waals surface area contributed by atoms with Gasteiger partial charge in [0.2, 0.25) is 0 Å². The highest BCUT2D eigenvalue weighted by atomic mass is 16.6. The van der Waals surface area contributed by atoms with Crippen LogP contribution in [0.3, 0.4) is 0 Å². The average Bonchev–Trinajstić information content (AvgIpc) is 2.89. The number of hydrogen-bond acceptors (Lipinski definition) is 5. The summed E-state index contributed by atoms with van der Waals surface area (Å²) < 4.78 is 23.3. The molecule has 2 fully saturated rings. The topological polar surface area (TPSA) is 40.2 Å². The highest BCUT2D eigenvalue weighted by Crippen LogP contribution is 2.44. The largest absolute Gasteiger partial charge is 0.496 e. The zero-order chi connectivity index (χ0) is 22.7. The number of nitrogens with zero attached hydrogens (tertiary/aromatic N) is 1. The van der Waals surface area contributed by atoms with E-state index in [0.29, 0.717) is 19.3 Å². The van der Waals surface area contributed by atoms with Crippen LogP contribution < -0.4 is 14.2 Å². The molecule has 33 heavy (non-hydrogen) atoms. The molecule has 0 unspecified atom stereocenters. The summed E-state index contributed by atoms with van der Waals surface area (Å²) in [6.07, 6.45) is 8.13. The molecule has 2 heterocycles. The summed E-state index contributed by atoms with van der Waals surface area (Å²) in [5.74, 6) is 3.48. The van der Waals surface area contributed by atoms with Crippen molar-refractivity contribution >= 4 is 0 Å². The fourth-order valence-corrected chi connectivity index (χ4v) is 6.08. The first-order chi connectivity index (χ1) is 16.2. The summed E-state index contributed by atoms with van der Waals surface area (Å²) in [6.45, 7) is 3.65. The third kappa shape index (κ3) is 4.71. The molecule has 1 saturated carbocycles. The molecule has 3 aliphatic rings. The second kappa shape index (κ2) is 9.94. The van der Waals surface area contributed by atoms with Gasteiger partial charge in [-0.15, -0.1) is 0 Å². The lowest BCUT2D eigenvalue weighted by Gasteiger charge is -2.45. The Morgan fingerprint density at radius 3 is 2.36 bits per heavy atom. The number of piperidine rings is 1. The van der Waals surface area contributed by atoms with Gasteiger partial charge in [-0.3, -0.25) is 0 Å². The molecule has 5 rings (SSSR count). The van der Waals surface area contributed by atoms with Crippen molar-refractivity contribution in [3.63, 3.8) is 0 Å². The Balaban J connectivity index is 1.17. The number of fused-ring (bicyclic) bond motifs is 1. The van der Waals surface area contributed by atoms with Gasteiger partial charge in [-0.05, 0) is 93.3 Å². The standard InChI is InChI=1S/C28H37NO4/c1-30-25-6-4-3-5-22(25)19-21-11-15-29(16-12-21)24-9-13-28(31-2,14-10-24)23-7-8-26-27(20-23)33-18-17-32-26/h3-8,20-21,24H,9-19H2,1-2H3. The van der Waals surface area contributed by atoms with Crippen molar-refractivity contribution in [1.29, 1.82) is 0 Å². The van der Waals surface area contributed by atoms with Crippen LogP contribution in [0.25, 0.3) is 0 Å². The van der Waals surface area contributed by atoms with E-state index in [0.717, 1.165) is 42.4 Å². The van der Waals surface area contributed by atoms with E-state index in [-0.39, 0.29) is 5.60 Å². The van der Waals surface area contributed by atoms with Crippen molar-refractivity contribution in [3.8, 4) is 17.2 Å². The van der Waals surface area contributed by atoms with Gasteiger partial charge < -0.3 is 23.8 Å². The molecule has 178 valence electrons. The Morgan fingerprint density at radius 1 is 0.909 bits per heavy atom. The smallest absolute Gasteiger partial charge is 0.161 e. The van der Waals surface area contributed by atoms with Gasteiger partial charge in [0, 0.05) is 13.2 Å². The van der Waals surface area contributed by atoms with Crippen molar-refractivity contribution in [3.05, 3.63) is 53.6 Å². The fraction of sp³-hybridized carbons (Fsp3) is 0.571. The number of methoxy groups -OCH3 is 2. The molecular formula is C28H37NO4. The van der Waals surface area contributed by atoms with Crippen molar-refractivity contribution in [1.82, 2.24) is 4.90 Å². The first-order valence-electron chi connectivity index (χ1n) is 12.5. The van der Waals surface area contributed by atoms with Crippen LogP contribution in [-0.2, 0) is 16.8 Å². The third-order valence-electron chi connectivity index (χ3n) is 8.09. The van der Waals surface area contributed by atoms with Crippen LogP contribution in [0.15, 0.2) is 42.5 Å². The Labute approximate surface area is 198 Å². The Morgan fingerprint density at radius 2 is 1.64 bits per heavy atom. The van der Waals surface area contributed by atoms with Crippen molar-refractivity contribution in [2.24, 2.45) is 5.92 Å². The maximum Gasteiger partial charge on any atom is 0.161 e. The molecule has 0 spiro atoms. The van der Waals surface area contributed by atoms with Crippen LogP contribution >= 0.6 is 0 Å². The van der Waals surface area contributed by atoms with Gasteiger partial charge in [-0.1, -0.05) is 24.3 Å². The van der Waals surface area contributed by atoms with E-state index < -0.39 is 0 Å². The van der Waals surface area contributed by atoms with Crippen LogP contribution in [0.1, 0.15) is 49.7 Å². The molecule has 0 aromatic heterocycles. The highest BCUT2D eigenvalue weighted by molar-refractivity contribution is 5.45. The summed E-state index contributed by atoms with van der Waals surface area (Å²) in [6, 6.07) is 15.5. The molecule has 2 aromatic carbocycles. The predicted octanol–water partition coefficient (Wildman–Crippen LogP) is 5.21. The summed E-state index contributed by atoms with van der Waals surface area (Å²) in [5.41, 5.74) is 2.36. The van der Waals surface area contributed by atoms with E-state index in [1.165, 1.54) is 49.9 Å². The van der Waals surface area contributed by atoms with Crippen LogP contribution in [0.4, 0.5) is 0 Å². The molecule has 1 saturated heterocycles. The normalized spacial score (nSPS) is 26.2. The highest BCUT2D eigenvalue weighted by Gasteiger charge is 2.40. The minimum Gasteiger partial charge on any atom is -0.496 e. The average molecular weight is 452 g/mol. The molecule has 2 aliphatic heterocycles. The number of para-hydroxylation sites is 1. The Kier molecular flexibility index (Phi) is 6.79. The maximum absolute atomic E-state index is 6.17. The first-order valence-corrected chi connectivity index (χ1v) is 12.5. The van der Waals surface area contributed by atoms with Gasteiger partial charge in [0.15, 0.2) is 11.5 Å². The lowest BCUT2D eigenvalue weighted by molar-refractivity contribution is -0.0637. The van der Waals surface area contributed by atoms with Gasteiger partial charge in [0.25, 0.3) is 0 Å². The van der Waals surface area contributed by atoms with Gasteiger partial charge >= 0.3 is 0 Å². The minimum absolute atomic E-state index is 0.214. The van der Waals surface area contributed by atoms with E-state index in [2.05, 4.69) is 41.3 Å². The van der Waals surface area contributed by atoms with Crippen LogP contribution in [0.5, 0.6) is 17.2 Å². The summed E-state index contributed by atoms with van der Waals surface area (Å²) in [4.78, 5) is 2.74. The molecule has 2 aromatic rings. The van der Waals surface area contributed by atoms with E-state index in [4.69, 9.17) is 18.9 Å². The number of likely N-dealkylation sites (tertiary alicyclic amines) is 1. The second-order valence-corrected chi connectivity index (χ2v) is 9.78. The fourth-order valence-electron chi connectivity index (χ4n) is 6.08. The molecule has 5 heteroatoms. The monoisotopic (exact) mass is 451 g/mol. The molecule has 5 nitrogen and oxygen atoms in total. The van der Waals surface area contributed by atoms with Gasteiger partial charge in [-0.25, -0.2) is 0 Å². The molecule has 1 aliphatic carbocycles. The maximum atomic E-state index is 6.17. The van der Waals surface area contributed by atoms with E-state index in [1.54, 1.807) is 7.11 Å². The molecule has 0 amide bonds. The Hall–Kier alpha value is -2.24. The van der Waals surface area contributed by atoms with Gasteiger partial charge in [0.05, 0.1) is 12.7 Å². The summed E-state index contributed by atoms with van der Waals surface area (Å²) in [5, 5.41) is 0. The van der Waals surface area contributed by atoms with Crippen molar-refractivity contribution in [2.75, 3.05) is 40.5 Å². The Bertz CT molecular complexity index is 929. The number of benzene rings is 2. The molecular weight excluding hydrogens is 414 g/mol. The zero-order valence-electron chi connectivity index (χ0n) is 20.1. The number of rotatable bonds is 6. The van der Waals surface area contributed by atoms with E-state index in [9.17, 15) is 0 Å². The van der Waals surface area contributed by atoms with E-state index >= 15 is 0 Å². The SMILES string of the molecule is COc1ccccc1CC1CCN(C2CCC(OC)(c3ccc4c(c3)OCCO4)CC2)CC1. The third-order valence-corrected chi connectivity index (χ3v) is 8.09. The van der Waals surface area contributed by atoms with Crippen LogP contribution in [0.2, 0.25) is 0 Å². The van der Waals surface area contributed by atoms with Crippen LogP contribution in [0, 0.1) is 5.92 Å². The van der Waals surface area contributed by atoms with Crippen molar-refractivity contribution < 1.29 is 18.9 Å². The zero-order valence-corrected chi connectivity index (χ0v) is 20.1. The molecule has 0 radical (unpaired) electrons. The summed E-state index contributed by atoms with van der Waals surface area (Å²) >= 11 is 0. The van der Waals surface area contributed by atoms with Crippen molar-refractivity contribution in [2.45, 2.75) is 56.6 Å². The van der Waals surface area contributed by atoms with Gasteiger partial charge in [0.1, 0.15) is 19.0 Å². The molecule has 0 atom stereocenters. The quantitative estimate of drug-likeness (QED) is 0.603.